The number of alkyl carbamates (subject to hydrolysis) is 1. The van der Waals surface area contributed by atoms with Gasteiger partial charge in [0.25, 0.3) is 0 Å². The lowest BCUT2D eigenvalue weighted by atomic mass is 9.85. The lowest BCUT2D eigenvalue weighted by Crippen LogP contribution is -2.58. The molecule has 0 bridgehead atoms. The van der Waals surface area contributed by atoms with Crippen molar-refractivity contribution in [2.75, 3.05) is 45.8 Å². The lowest BCUT2D eigenvalue weighted by Gasteiger charge is -2.36. The third-order valence-electron chi connectivity index (χ3n) is 13.4. The number of nitrogens with zero attached hydrogens (tertiary/aromatic N) is 3. The first-order valence-corrected chi connectivity index (χ1v) is 27.4. The molecule has 3 heterocycles. The van der Waals surface area contributed by atoms with Crippen molar-refractivity contribution in [2.45, 2.75) is 134 Å². The molecular formula is C50H67N6O15PS. The van der Waals surface area contributed by atoms with E-state index in [1.807, 2.05) is 25.3 Å². The number of hydrogen-bond acceptors (Lipinski definition) is 19. The summed E-state index contributed by atoms with van der Waals surface area (Å²) in [6.07, 6.45) is 4.26. The van der Waals surface area contributed by atoms with Gasteiger partial charge in [-0.05, 0) is 101 Å². The molecule has 23 heteroatoms. The van der Waals surface area contributed by atoms with Crippen LogP contribution >= 0.6 is 18.9 Å². The number of nitrogens with one attached hydrogen (secondary N) is 3. The highest BCUT2D eigenvalue weighted by atomic mass is 32.1. The van der Waals surface area contributed by atoms with Gasteiger partial charge in [0.2, 0.25) is 25.4 Å². The summed E-state index contributed by atoms with van der Waals surface area (Å²) in [7, 11) is -3.16. The molecule has 3 aromatic rings. The van der Waals surface area contributed by atoms with Gasteiger partial charge in [-0.3, -0.25) is 23.2 Å². The fourth-order valence-corrected chi connectivity index (χ4v) is 11.8. The average molecular weight is 1060 g/mol. The van der Waals surface area contributed by atoms with Crippen LogP contribution < -0.4 is 25.4 Å². The summed E-state index contributed by atoms with van der Waals surface area (Å²) in [5.74, 6) is -0.691. The van der Waals surface area contributed by atoms with Crippen LogP contribution in [-0.4, -0.2) is 121 Å². The van der Waals surface area contributed by atoms with Crippen LogP contribution in [0.25, 0.3) is 22.3 Å². The molecule has 1 saturated heterocycles. The fraction of sp³-hybridized carbons (Fsp3) is 0.620. The maximum absolute atomic E-state index is 15.2. The van der Waals surface area contributed by atoms with Crippen molar-refractivity contribution in [2.24, 2.45) is 23.2 Å². The molecule has 0 unspecified atom stereocenters. The number of hydrogen-bond donors (Lipinski definition) is 3. The highest BCUT2D eigenvalue weighted by Gasteiger charge is 2.69. The van der Waals surface area contributed by atoms with E-state index in [-0.39, 0.29) is 56.6 Å². The predicted octanol–water partition coefficient (Wildman–Crippen LogP) is 8.91. The largest absolute Gasteiger partial charge is 0.510 e. The highest BCUT2D eigenvalue weighted by molar-refractivity contribution is 7.56. The summed E-state index contributed by atoms with van der Waals surface area (Å²) < 4.78 is 65.3. The fourth-order valence-electron chi connectivity index (χ4n) is 8.87. The van der Waals surface area contributed by atoms with Gasteiger partial charge in [0.15, 0.2) is 5.13 Å². The summed E-state index contributed by atoms with van der Waals surface area (Å²) >= 11 is 1.43. The first-order valence-electron chi connectivity index (χ1n) is 24.9. The zero-order chi connectivity index (χ0) is 52.1. The Morgan fingerprint density at radius 1 is 0.904 bits per heavy atom. The SMILES string of the molecule is C=C[C@@H]1C[C@]1(NC(=O)[C@@H]1C[C@@H](Oc2cc(-c3csc(NC(C)C)n3)nc3cc(OC)ccc23)CN1C(=O)[C@@H](NC(=O)OC1CCCC1)C(C)(C)C)P(=O)(OCOC(=O)OCC1CC1)OCOC(=O)OCC1CC1. The van der Waals surface area contributed by atoms with E-state index in [0.29, 0.717) is 51.8 Å². The van der Waals surface area contributed by atoms with Crippen LogP contribution in [0, 0.1) is 23.2 Å². The van der Waals surface area contributed by atoms with Crippen LogP contribution in [0.5, 0.6) is 11.5 Å². The number of pyridine rings is 1. The first-order chi connectivity index (χ1) is 34.9. The van der Waals surface area contributed by atoms with Gasteiger partial charge in [0, 0.05) is 41.3 Å². The Morgan fingerprint density at radius 3 is 2.14 bits per heavy atom. The van der Waals surface area contributed by atoms with Crippen molar-refractivity contribution in [3.8, 4) is 22.9 Å². The second-order valence-electron chi connectivity index (χ2n) is 20.7. The van der Waals surface area contributed by atoms with Gasteiger partial charge in [-0.15, -0.1) is 17.9 Å². The Bertz CT molecular complexity index is 2520. The van der Waals surface area contributed by atoms with Crippen LogP contribution in [0.4, 0.5) is 19.5 Å². The second-order valence-corrected chi connectivity index (χ2v) is 23.9. The van der Waals surface area contributed by atoms with Crippen LogP contribution in [0.15, 0.2) is 42.3 Å². The smallest absolute Gasteiger partial charge is 0.497 e. The molecule has 21 nitrogen and oxygen atoms in total. The molecular weight excluding hydrogens is 988 g/mol. The highest BCUT2D eigenvalue weighted by Crippen LogP contribution is 2.73. The molecule has 0 spiro atoms. The summed E-state index contributed by atoms with van der Waals surface area (Å²) in [4.78, 5) is 79.7. The van der Waals surface area contributed by atoms with Crippen LogP contribution in [0.1, 0.15) is 98.8 Å². The minimum absolute atomic E-state index is 0.0300. The Hall–Kier alpha value is -5.70. The molecule has 1 aliphatic heterocycles. The molecule has 0 radical (unpaired) electrons. The molecule has 3 amide bonds. The van der Waals surface area contributed by atoms with E-state index in [9.17, 15) is 14.4 Å². The molecule has 398 valence electrons. The molecule has 8 rings (SSSR count). The van der Waals surface area contributed by atoms with Gasteiger partial charge in [-0.25, -0.2) is 24.4 Å². The molecule has 5 atom stereocenters. The van der Waals surface area contributed by atoms with Crippen molar-refractivity contribution in [1.82, 2.24) is 25.5 Å². The van der Waals surface area contributed by atoms with Crippen molar-refractivity contribution >= 4 is 65.2 Å². The number of carbonyl (C=O) groups excluding carboxylic acids is 5. The summed E-state index contributed by atoms with van der Waals surface area (Å²) in [6.45, 7) is 11.6. The van der Waals surface area contributed by atoms with E-state index in [0.717, 1.165) is 38.5 Å². The summed E-state index contributed by atoms with van der Waals surface area (Å²) in [5, 5.41) is 10.4. The van der Waals surface area contributed by atoms with Gasteiger partial charge in [-0.1, -0.05) is 26.8 Å². The normalized spacial score (nSPS) is 22.3. The zero-order valence-electron chi connectivity index (χ0n) is 42.2. The Labute approximate surface area is 428 Å². The van der Waals surface area contributed by atoms with Gasteiger partial charge in [0.1, 0.15) is 46.8 Å². The van der Waals surface area contributed by atoms with Crippen LogP contribution in [0.3, 0.4) is 0 Å². The number of likely N-dealkylation sites (tertiary alicyclic amines) is 1. The van der Waals surface area contributed by atoms with Crippen molar-refractivity contribution in [3.05, 3.63) is 42.3 Å². The third-order valence-corrected chi connectivity index (χ3v) is 16.7. The van der Waals surface area contributed by atoms with Crippen molar-refractivity contribution in [3.63, 3.8) is 0 Å². The topological polar surface area (TPSA) is 251 Å². The van der Waals surface area contributed by atoms with E-state index >= 15 is 14.2 Å². The molecule has 73 heavy (non-hydrogen) atoms. The molecule has 4 aliphatic carbocycles. The molecule has 2 aromatic heterocycles. The van der Waals surface area contributed by atoms with Crippen LogP contribution in [0.2, 0.25) is 0 Å². The summed E-state index contributed by atoms with van der Waals surface area (Å²) in [5.41, 5.74) is 0.746. The van der Waals surface area contributed by atoms with Gasteiger partial charge >= 0.3 is 26.0 Å². The van der Waals surface area contributed by atoms with E-state index in [4.69, 9.17) is 52.2 Å². The number of carbonyl (C=O) groups is 5. The number of fused-ring (bicyclic) bond motifs is 1. The third kappa shape index (κ3) is 13.5. The minimum Gasteiger partial charge on any atom is -0.497 e. The van der Waals surface area contributed by atoms with Gasteiger partial charge in [-0.2, -0.15) is 0 Å². The van der Waals surface area contributed by atoms with Crippen molar-refractivity contribution in [1.29, 1.82) is 0 Å². The number of thiazole rings is 1. The number of benzene rings is 1. The number of anilines is 1. The monoisotopic (exact) mass is 1050 g/mol. The average Bonchev–Trinajstić information content (AvgIpc) is 4.31. The number of rotatable bonds is 23. The zero-order valence-corrected chi connectivity index (χ0v) is 43.9. The number of amides is 3. The van der Waals surface area contributed by atoms with Gasteiger partial charge < -0.3 is 54.0 Å². The van der Waals surface area contributed by atoms with E-state index in [1.165, 1.54) is 22.3 Å². The Kier molecular flexibility index (Phi) is 16.8. The van der Waals surface area contributed by atoms with Crippen molar-refractivity contribution < 1.29 is 70.7 Å². The van der Waals surface area contributed by atoms with Crippen LogP contribution in [-0.2, 0) is 46.9 Å². The first kappa shape index (κ1) is 53.6. The standard InChI is InChI=1S/C50H67N6O15PS/c1-8-32-22-50(32,72(62,68-27-66-47(60)64-24-30-13-14-30)69-28-67-48(61)65-25-31-15-16-31)55-43(57)40-20-35(23-56(40)44(58)42(49(4,5)6)54-46(59)71-33-11-9-10-12-33)70-41-21-38(39-26-73-45(53-39)51-29(2)3)52-37-19-34(63-7)17-18-36(37)41/h8,17-19,21,26,29-33,35,40,42H,1,9-16,20,22-25,27-28H2,2-7H3,(H,51,53)(H,54,59)(H,55,57)/t32-,35-,40+,42-,50+/m1/s1. The molecule has 3 N–H and O–H groups in total. The molecule has 5 fully saturated rings. The quantitative estimate of drug-likeness (QED) is 0.0263. The lowest BCUT2D eigenvalue weighted by molar-refractivity contribution is -0.142. The summed E-state index contributed by atoms with van der Waals surface area (Å²) in [6, 6.07) is 4.76. The second kappa shape index (κ2) is 22.8. The predicted molar refractivity (Wildman–Crippen MR) is 267 cm³/mol. The maximum atomic E-state index is 15.2. The Morgan fingerprint density at radius 2 is 1.56 bits per heavy atom. The number of aromatic nitrogens is 2. The maximum Gasteiger partial charge on any atom is 0.510 e. The van der Waals surface area contributed by atoms with E-state index in [1.54, 1.807) is 46.1 Å². The number of ether oxygens (including phenoxy) is 7. The Balaban J connectivity index is 1.09. The number of methoxy groups -OCH3 is 1. The van der Waals surface area contributed by atoms with E-state index in [2.05, 4.69) is 22.5 Å². The minimum atomic E-state index is -4.71. The van der Waals surface area contributed by atoms with Gasteiger partial charge in [0.05, 0.1) is 38.1 Å². The molecule has 4 saturated carbocycles. The molecule has 5 aliphatic rings. The van der Waals surface area contributed by atoms with E-state index < -0.39 is 86.2 Å². The molecule has 1 aromatic carbocycles.